The Morgan fingerprint density at radius 3 is 2.47 bits per heavy atom. The topological polar surface area (TPSA) is 49.4 Å². The molecule has 4 heteroatoms. The van der Waals surface area contributed by atoms with E-state index in [1.807, 2.05) is 4.90 Å². The van der Waals surface area contributed by atoms with Crippen LogP contribution in [0.1, 0.15) is 40.0 Å². The summed E-state index contributed by atoms with van der Waals surface area (Å²) in [5.74, 6) is 0.519. The second-order valence-electron chi connectivity index (χ2n) is 6.40. The Hall–Kier alpha value is -1.06. The van der Waals surface area contributed by atoms with Gasteiger partial charge in [0.2, 0.25) is 11.8 Å². The fraction of sp³-hybridized carbons (Fsp3) is 0.846. The van der Waals surface area contributed by atoms with Crippen LogP contribution in [0.5, 0.6) is 0 Å². The molecule has 1 unspecified atom stereocenters. The molecule has 0 aromatic rings. The molecule has 2 aliphatic rings. The van der Waals surface area contributed by atoms with E-state index in [2.05, 4.69) is 26.1 Å². The molecule has 1 saturated carbocycles. The summed E-state index contributed by atoms with van der Waals surface area (Å²) in [6.45, 7) is 7.36. The van der Waals surface area contributed by atoms with Gasteiger partial charge < -0.3 is 10.2 Å². The van der Waals surface area contributed by atoms with Gasteiger partial charge in [0.05, 0.1) is 6.54 Å². The SMILES string of the molecule is CC(C)(C)CCN1C(=O)CNC(=O)C1C1CC1. The minimum Gasteiger partial charge on any atom is -0.345 e. The van der Waals surface area contributed by atoms with E-state index in [4.69, 9.17) is 0 Å². The lowest BCUT2D eigenvalue weighted by Crippen LogP contribution is -2.59. The van der Waals surface area contributed by atoms with Crippen LogP contribution in [-0.4, -0.2) is 35.8 Å². The van der Waals surface area contributed by atoms with Crippen molar-refractivity contribution >= 4 is 11.8 Å². The summed E-state index contributed by atoms with van der Waals surface area (Å²) >= 11 is 0. The highest BCUT2D eigenvalue weighted by molar-refractivity contribution is 5.95. The zero-order chi connectivity index (χ0) is 12.6. The average Bonchev–Trinajstić information content (AvgIpc) is 3.01. The highest BCUT2D eigenvalue weighted by Gasteiger charge is 2.44. The molecule has 2 fully saturated rings. The van der Waals surface area contributed by atoms with Gasteiger partial charge in [0.1, 0.15) is 6.04 Å². The van der Waals surface area contributed by atoms with Crippen LogP contribution in [0.4, 0.5) is 0 Å². The van der Waals surface area contributed by atoms with Crippen molar-refractivity contribution in [2.24, 2.45) is 11.3 Å². The van der Waals surface area contributed by atoms with Crippen LogP contribution in [0.15, 0.2) is 0 Å². The lowest BCUT2D eigenvalue weighted by Gasteiger charge is -2.36. The van der Waals surface area contributed by atoms with Gasteiger partial charge in [-0.25, -0.2) is 0 Å². The van der Waals surface area contributed by atoms with Gasteiger partial charge in [-0.05, 0) is 30.6 Å². The summed E-state index contributed by atoms with van der Waals surface area (Å²) in [5.41, 5.74) is 0.197. The Balaban J connectivity index is 2.03. The number of carbonyl (C=O) groups is 2. The molecule has 1 aliphatic carbocycles. The van der Waals surface area contributed by atoms with Gasteiger partial charge in [0.15, 0.2) is 0 Å². The Bertz CT molecular complexity index is 329. The Morgan fingerprint density at radius 2 is 1.94 bits per heavy atom. The van der Waals surface area contributed by atoms with Gasteiger partial charge in [-0.1, -0.05) is 20.8 Å². The summed E-state index contributed by atoms with van der Waals surface area (Å²) < 4.78 is 0. The number of amides is 2. The maximum Gasteiger partial charge on any atom is 0.243 e. The van der Waals surface area contributed by atoms with E-state index in [1.54, 1.807) is 0 Å². The fourth-order valence-corrected chi connectivity index (χ4v) is 2.27. The number of hydrogen-bond acceptors (Lipinski definition) is 2. The third kappa shape index (κ3) is 2.99. The van der Waals surface area contributed by atoms with Gasteiger partial charge in [-0.2, -0.15) is 0 Å². The van der Waals surface area contributed by atoms with Crippen LogP contribution in [0, 0.1) is 11.3 Å². The van der Waals surface area contributed by atoms with E-state index < -0.39 is 0 Å². The number of nitrogens with one attached hydrogen (secondary N) is 1. The predicted octanol–water partition coefficient (Wildman–Crippen LogP) is 1.16. The lowest BCUT2D eigenvalue weighted by molar-refractivity contribution is -0.146. The average molecular weight is 238 g/mol. The van der Waals surface area contributed by atoms with Crippen molar-refractivity contribution in [3.63, 3.8) is 0 Å². The van der Waals surface area contributed by atoms with E-state index in [0.29, 0.717) is 12.5 Å². The zero-order valence-electron chi connectivity index (χ0n) is 11.0. The first-order valence-electron chi connectivity index (χ1n) is 6.46. The maximum absolute atomic E-state index is 11.9. The molecule has 2 rings (SSSR count). The van der Waals surface area contributed by atoms with E-state index in [1.165, 1.54) is 0 Å². The van der Waals surface area contributed by atoms with Crippen LogP contribution in [0.2, 0.25) is 0 Å². The summed E-state index contributed by atoms with van der Waals surface area (Å²) in [5, 5.41) is 2.70. The second kappa shape index (κ2) is 4.31. The largest absolute Gasteiger partial charge is 0.345 e. The molecule has 4 nitrogen and oxygen atoms in total. The molecule has 1 heterocycles. The highest BCUT2D eigenvalue weighted by atomic mass is 16.2. The predicted molar refractivity (Wildman–Crippen MR) is 65.3 cm³/mol. The smallest absolute Gasteiger partial charge is 0.243 e. The molecule has 96 valence electrons. The number of carbonyl (C=O) groups excluding carboxylic acids is 2. The number of piperazine rings is 1. The fourth-order valence-electron chi connectivity index (χ4n) is 2.27. The van der Waals surface area contributed by atoms with Gasteiger partial charge in [-0.3, -0.25) is 9.59 Å². The first-order chi connectivity index (χ1) is 7.88. The zero-order valence-corrected chi connectivity index (χ0v) is 11.0. The molecule has 17 heavy (non-hydrogen) atoms. The standard InChI is InChI=1S/C13H22N2O2/c1-13(2,3)6-7-15-10(16)8-14-12(17)11(15)9-4-5-9/h9,11H,4-8H2,1-3H3,(H,14,17). The van der Waals surface area contributed by atoms with Crippen molar-refractivity contribution in [3.05, 3.63) is 0 Å². The summed E-state index contributed by atoms with van der Waals surface area (Å²) in [6, 6.07) is -0.196. The molecule has 0 radical (unpaired) electrons. The minimum absolute atomic E-state index is 0.0426. The number of nitrogens with zero attached hydrogens (tertiary/aromatic N) is 1. The van der Waals surface area contributed by atoms with Crippen LogP contribution in [0.25, 0.3) is 0 Å². The van der Waals surface area contributed by atoms with Crippen molar-refractivity contribution in [1.82, 2.24) is 10.2 Å². The van der Waals surface area contributed by atoms with Crippen molar-refractivity contribution in [2.45, 2.75) is 46.1 Å². The molecule has 0 spiro atoms. The van der Waals surface area contributed by atoms with Gasteiger partial charge >= 0.3 is 0 Å². The minimum atomic E-state index is -0.196. The Labute approximate surface area is 103 Å². The third-order valence-electron chi connectivity index (χ3n) is 3.51. The van der Waals surface area contributed by atoms with E-state index in [0.717, 1.165) is 19.3 Å². The Kier molecular flexibility index (Phi) is 3.15. The van der Waals surface area contributed by atoms with Crippen LogP contribution in [-0.2, 0) is 9.59 Å². The Morgan fingerprint density at radius 1 is 1.29 bits per heavy atom. The summed E-state index contributed by atoms with van der Waals surface area (Å²) in [6.07, 6.45) is 3.10. The molecular formula is C13H22N2O2. The van der Waals surface area contributed by atoms with Crippen molar-refractivity contribution in [1.29, 1.82) is 0 Å². The second-order valence-corrected chi connectivity index (χ2v) is 6.40. The number of rotatable bonds is 3. The van der Waals surface area contributed by atoms with Crippen LogP contribution in [0.3, 0.4) is 0 Å². The molecule has 0 bridgehead atoms. The molecular weight excluding hydrogens is 216 g/mol. The van der Waals surface area contributed by atoms with Crippen LogP contribution < -0.4 is 5.32 Å². The van der Waals surface area contributed by atoms with Crippen LogP contribution >= 0.6 is 0 Å². The normalized spacial score (nSPS) is 26.1. The highest BCUT2D eigenvalue weighted by Crippen LogP contribution is 2.37. The van der Waals surface area contributed by atoms with Gasteiger partial charge in [0.25, 0.3) is 0 Å². The first-order valence-corrected chi connectivity index (χ1v) is 6.46. The van der Waals surface area contributed by atoms with E-state index in [9.17, 15) is 9.59 Å². The number of hydrogen-bond donors (Lipinski definition) is 1. The molecule has 0 aromatic carbocycles. The quantitative estimate of drug-likeness (QED) is 0.802. The monoisotopic (exact) mass is 238 g/mol. The van der Waals surface area contributed by atoms with Crippen molar-refractivity contribution in [3.8, 4) is 0 Å². The van der Waals surface area contributed by atoms with Gasteiger partial charge in [-0.15, -0.1) is 0 Å². The van der Waals surface area contributed by atoms with E-state index in [-0.39, 0.29) is 29.8 Å². The summed E-state index contributed by atoms with van der Waals surface area (Å²) in [4.78, 5) is 25.6. The summed E-state index contributed by atoms with van der Waals surface area (Å²) in [7, 11) is 0. The van der Waals surface area contributed by atoms with Crippen molar-refractivity contribution < 1.29 is 9.59 Å². The molecule has 1 aliphatic heterocycles. The molecule has 1 N–H and O–H groups in total. The molecule has 0 aromatic heterocycles. The maximum atomic E-state index is 11.9. The van der Waals surface area contributed by atoms with Gasteiger partial charge in [0, 0.05) is 6.54 Å². The first kappa shape index (κ1) is 12.4. The lowest BCUT2D eigenvalue weighted by atomic mass is 9.91. The molecule has 2 amide bonds. The van der Waals surface area contributed by atoms with Crippen molar-refractivity contribution in [2.75, 3.05) is 13.1 Å². The molecule has 1 saturated heterocycles. The third-order valence-corrected chi connectivity index (χ3v) is 3.51. The molecule has 1 atom stereocenters. The van der Waals surface area contributed by atoms with E-state index >= 15 is 0 Å².